The largest absolute Gasteiger partial charge is 0.269 e. The molecule has 0 fully saturated rings. The standard InChI is InChI=1S/C26H22N2O4S/c1-19-7-17-25(18-8-19)33(31,32)27-26(23-13-15-24(16-14-23)28(29)30)22-11-9-21(10-12-22)20-5-3-2-4-6-20/h2-18,26-27H,1H3. The van der Waals surface area contributed by atoms with Crippen LogP contribution in [0.3, 0.4) is 0 Å². The zero-order valence-corrected chi connectivity index (χ0v) is 18.7. The number of non-ortho nitro benzene ring substituents is 1. The average molecular weight is 459 g/mol. The summed E-state index contributed by atoms with van der Waals surface area (Å²) < 4.78 is 29.1. The molecule has 0 aliphatic rings. The first kappa shape index (κ1) is 22.4. The summed E-state index contributed by atoms with van der Waals surface area (Å²) in [6, 6.07) is 29.2. The number of nitrogens with zero attached hydrogens (tertiary/aromatic N) is 1. The van der Waals surface area contributed by atoms with E-state index in [2.05, 4.69) is 4.72 Å². The van der Waals surface area contributed by atoms with Crippen molar-refractivity contribution in [3.8, 4) is 11.1 Å². The lowest BCUT2D eigenvalue weighted by atomic mass is 9.97. The van der Waals surface area contributed by atoms with Crippen LogP contribution < -0.4 is 4.72 Å². The van der Waals surface area contributed by atoms with Crippen molar-refractivity contribution < 1.29 is 13.3 Å². The maximum absolute atomic E-state index is 13.1. The molecular weight excluding hydrogens is 436 g/mol. The minimum absolute atomic E-state index is 0.0571. The van der Waals surface area contributed by atoms with Crippen molar-refractivity contribution in [2.45, 2.75) is 17.9 Å². The molecule has 0 aliphatic heterocycles. The summed E-state index contributed by atoms with van der Waals surface area (Å²) in [7, 11) is -3.85. The highest BCUT2D eigenvalue weighted by Gasteiger charge is 2.23. The number of aryl methyl sites for hydroxylation is 1. The third-order valence-electron chi connectivity index (χ3n) is 5.39. The number of rotatable bonds is 7. The normalized spacial score (nSPS) is 12.3. The van der Waals surface area contributed by atoms with E-state index in [1.54, 1.807) is 36.4 Å². The Kier molecular flexibility index (Phi) is 6.35. The second kappa shape index (κ2) is 9.36. The topological polar surface area (TPSA) is 89.3 Å². The van der Waals surface area contributed by atoms with Crippen molar-refractivity contribution in [1.29, 1.82) is 0 Å². The summed E-state index contributed by atoms with van der Waals surface area (Å²) >= 11 is 0. The van der Waals surface area contributed by atoms with E-state index >= 15 is 0 Å². The zero-order valence-electron chi connectivity index (χ0n) is 17.9. The molecule has 1 N–H and O–H groups in total. The third kappa shape index (κ3) is 5.16. The minimum Gasteiger partial charge on any atom is -0.258 e. The van der Waals surface area contributed by atoms with Crippen molar-refractivity contribution in [3.05, 3.63) is 130 Å². The van der Waals surface area contributed by atoms with Crippen LogP contribution in [0.5, 0.6) is 0 Å². The summed E-state index contributed by atoms with van der Waals surface area (Å²) in [5, 5.41) is 11.1. The molecule has 4 aromatic carbocycles. The Morgan fingerprint density at radius 1 is 0.727 bits per heavy atom. The van der Waals surface area contributed by atoms with Crippen LogP contribution in [0, 0.1) is 17.0 Å². The fraction of sp³-hybridized carbons (Fsp3) is 0.0769. The number of hydrogen-bond acceptors (Lipinski definition) is 4. The quantitative estimate of drug-likeness (QED) is 0.287. The number of nitro benzene ring substituents is 1. The van der Waals surface area contributed by atoms with Crippen molar-refractivity contribution in [2.24, 2.45) is 0 Å². The number of benzene rings is 4. The van der Waals surface area contributed by atoms with E-state index in [1.165, 1.54) is 12.1 Å². The van der Waals surface area contributed by atoms with E-state index in [1.807, 2.05) is 61.5 Å². The van der Waals surface area contributed by atoms with Gasteiger partial charge in [0.1, 0.15) is 0 Å². The summed E-state index contributed by atoms with van der Waals surface area (Å²) in [4.78, 5) is 10.7. The molecular formula is C26H22N2O4S. The van der Waals surface area contributed by atoms with Crippen LogP contribution in [0.1, 0.15) is 22.7 Å². The van der Waals surface area contributed by atoms with Crippen molar-refractivity contribution in [2.75, 3.05) is 0 Å². The van der Waals surface area contributed by atoms with E-state index in [0.717, 1.165) is 22.3 Å². The van der Waals surface area contributed by atoms with Crippen LogP contribution >= 0.6 is 0 Å². The van der Waals surface area contributed by atoms with Gasteiger partial charge in [0.15, 0.2) is 0 Å². The van der Waals surface area contributed by atoms with Gasteiger partial charge in [-0.15, -0.1) is 0 Å². The molecule has 1 unspecified atom stereocenters. The summed E-state index contributed by atoms with van der Waals surface area (Å²) in [6.45, 7) is 1.89. The highest BCUT2D eigenvalue weighted by molar-refractivity contribution is 7.89. The molecule has 6 nitrogen and oxygen atoms in total. The number of nitro groups is 1. The molecule has 0 amide bonds. The molecule has 33 heavy (non-hydrogen) atoms. The lowest BCUT2D eigenvalue weighted by molar-refractivity contribution is -0.384. The van der Waals surface area contributed by atoms with Crippen LogP contribution in [0.15, 0.2) is 108 Å². The summed E-state index contributed by atoms with van der Waals surface area (Å²) in [6.07, 6.45) is 0. The van der Waals surface area contributed by atoms with Crippen molar-refractivity contribution in [3.63, 3.8) is 0 Å². The van der Waals surface area contributed by atoms with Gasteiger partial charge in [0.25, 0.3) is 5.69 Å². The van der Waals surface area contributed by atoms with E-state index in [-0.39, 0.29) is 10.6 Å². The van der Waals surface area contributed by atoms with Gasteiger partial charge in [0.2, 0.25) is 10.0 Å². The summed E-state index contributed by atoms with van der Waals surface area (Å²) in [5.41, 5.74) is 4.28. The van der Waals surface area contributed by atoms with Gasteiger partial charge in [-0.2, -0.15) is 4.72 Å². The molecule has 4 aromatic rings. The SMILES string of the molecule is Cc1ccc(S(=O)(=O)NC(c2ccc(-c3ccccc3)cc2)c2ccc([N+](=O)[O-])cc2)cc1. The van der Waals surface area contributed by atoms with Crippen molar-refractivity contribution >= 4 is 15.7 Å². The summed E-state index contributed by atoms with van der Waals surface area (Å²) in [5.74, 6) is 0. The van der Waals surface area contributed by atoms with Gasteiger partial charge in [0, 0.05) is 12.1 Å². The first-order valence-electron chi connectivity index (χ1n) is 10.3. The lowest BCUT2D eigenvalue weighted by Gasteiger charge is -2.20. The van der Waals surface area contributed by atoms with E-state index in [0.29, 0.717) is 5.56 Å². The van der Waals surface area contributed by atoms with Crippen LogP contribution in [-0.4, -0.2) is 13.3 Å². The molecule has 166 valence electrons. The van der Waals surface area contributed by atoms with Crippen LogP contribution in [0.4, 0.5) is 5.69 Å². The average Bonchev–Trinajstić information content (AvgIpc) is 2.84. The Morgan fingerprint density at radius 3 is 1.79 bits per heavy atom. The molecule has 4 rings (SSSR count). The highest BCUT2D eigenvalue weighted by atomic mass is 32.2. The minimum atomic E-state index is -3.85. The highest BCUT2D eigenvalue weighted by Crippen LogP contribution is 2.29. The van der Waals surface area contributed by atoms with E-state index in [4.69, 9.17) is 0 Å². The molecule has 0 aliphatic carbocycles. The van der Waals surface area contributed by atoms with Gasteiger partial charge in [0.05, 0.1) is 15.9 Å². The third-order valence-corrected chi connectivity index (χ3v) is 6.83. The zero-order chi connectivity index (χ0) is 23.4. The number of hydrogen-bond donors (Lipinski definition) is 1. The first-order chi connectivity index (χ1) is 15.8. The maximum atomic E-state index is 13.1. The van der Waals surface area contributed by atoms with Gasteiger partial charge < -0.3 is 0 Å². The second-order valence-corrected chi connectivity index (χ2v) is 9.42. The Labute approximate surface area is 192 Å². The van der Waals surface area contributed by atoms with Crippen LogP contribution in [0.2, 0.25) is 0 Å². The molecule has 0 spiro atoms. The molecule has 0 saturated heterocycles. The van der Waals surface area contributed by atoms with Gasteiger partial charge in [-0.1, -0.05) is 84.4 Å². The maximum Gasteiger partial charge on any atom is 0.269 e. The monoisotopic (exact) mass is 458 g/mol. The molecule has 0 heterocycles. The smallest absolute Gasteiger partial charge is 0.258 e. The predicted octanol–water partition coefficient (Wildman–Crippen LogP) is 5.64. The van der Waals surface area contributed by atoms with Crippen molar-refractivity contribution in [1.82, 2.24) is 4.72 Å². The van der Waals surface area contributed by atoms with E-state index in [9.17, 15) is 18.5 Å². The molecule has 0 aromatic heterocycles. The Hall–Kier alpha value is -3.81. The molecule has 0 bridgehead atoms. The predicted molar refractivity (Wildman–Crippen MR) is 128 cm³/mol. The number of sulfonamides is 1. The van der Waals surface area contributed by atoms with Gasteiger partial charge in [-0.05, 0) is 41.3 Å². The Balaban J connectivity index is 1.72. The van der Waals surface area contributed by atoms with E-state index < -0.39 is 21.0 Å². The Morgan fingerprint density at radius 2 is 1.24 bits per heavy atom. The van der Waals surface area contributed by atoms with Crippen LogP contribution in [0.25, 0.3) is 11.1 Å². The first-order valence-corrected chi connectivity index (χ1v) is 11.8. The van der Waals surface area contributed by atoms with Gasteiger partial charge in [-0.3, -0.25) is 10.1 Å². The van der Waals surface area contributed by atoms with Crippen LogP contribution in [-0.2, 0) is 10.0 Å². The molecule has 1 atom stereocenters. The fourth-order valence-corrected chi connectivity index (χ4v) is 4.77. The van der Waals surface area contributed by atoms with Gasteiger partial charge in [-0.25, -0.2) is 8.42 Å². The number of nitrogens with one attached hydrogen (secondary N) is 1. The Bertz CT molecular complexity index is 1350. The van der Waals surface area contributed by atoms with Gasteiger partial charge >= 0.3 is 0 Å². The molecule has 0 radical (unpaired) electrons. The molecule has 7 heteroatoms. The molecule has 0 saturated carbocycles. The fourth-order valence-electron chi connectivity index (χ4n) is 3.56. The lowest BCUT2D eigenvalue weighted by Crippen LogP contribution is -2.29. The second-order valence-electron chi connectivity index (χ2n) is 7.70.